The van der Waals surface area contributed by atoms with Gasteiger partial charge in [-0.25, -0.2) is 0 Å². The molecule has 0 bridgehead atoms. The molecule has 1 aromatic rings. The van der Waals surface area contributed by atoms with E-state index < -0.39 is 0 Å². The molecular weight excluding hydrogens is 274 g/mol. The van der Waals surface area contributed by atoms with Crippen LogP contribution >= 0.6 is 0 Å². The summed E-state index contributed by atoms with van der Waals surface area (Å²) in [5.41, 5.74) is 2.49. The van der Waals surface area contributed by atoms with E-state index in [1.807, 2.05) is 0 Å². The molecule has 0 spiro atoms. The number of hydrogen-bond donors (Lipinski definition) is 1. The maximum Gasteiger partial charge on any atom is 0.223 e. The van der Waals surface area contributed by atoms with E-state index in [1.54, 1.807) is 0 Å². The number of rotatable bonds is 4. The Hall–Kier alpha value is -1.55. The molecule has 2 fully saturated rings. The Morgan fingerprint density at radius 1 is 1.09 bits per heavy atom. The lowest BCUT2D eigenvalue weighted by molar-refractivity contribution is -0.126. The second kappa shape index (κ2) is 7.14. The highest BCUT2D eigenvalue weighted by Gasteiger charge is 2.22. The number of carbonyl (C=O) groups excluding carboxylic acids is 1. The second-order valence-corrected chi connectivity index (χ2v) is 6.66. The second-order valence-electron chi connectivity index (χ2n) is 6.66. The van der Waals surface area contributed by atoms with Crippen LogP contribution in [0.2, 0.25) is 0 Å². The number of piperidine rings is 1. The molecule has 0 unspecified atom stereocenters. The number of likely N-dealkylation sites (tertiary alicyclic amines) is 1. The van der Waals surface area contributed by atoms with Gasteiger partial charge in [-0.15, -0.1) is 0 Å². The van der Waals surface area contributed by atoms with E-state index in [-0.39, 0.29) is 11.8 Å². The van der Waals surface area contributed by atoms with Crippen molar-refractivity contribution in [2.45, 2.75) is 32.2 Å². The van der Waals surface area contributed by atoms with E-state index in [2.05, 4.69) is 46.4 Å². The Bertz CT molecular complexity index is 486. The number of carbonyl (C=O) groups is 1. The van der Waals surface area contributed by atoms with Gasteiger partial charge in [0.2, 0.25) is 5.91 Å². The van der Waals surface area contributed by atoms with Crippen molar-refractivity contribution in [2.24, 2.45) is 5.92 Å². The van der Waals surface area contributed by atoms with Crippen LogP contribution in [0.4, 0.5) is 5.69 Å². The van der Waals surface area contributed by atoms with Crippen molar-refractivity contribution in [3.63, 3.8) is 0 Å². The average Bonchev–Trinajstić information content (AvgIpc) is 3.08. The van der Waals surface area contributed by atoms with E-state index in [0.29, 0.717) is 6.54 Å². The number of amides is 1. The van der Waals surface area contributed by atoms with Crippen molar-refractivity contribution in [1.82, 2.24) is 10.2 Å². The first-order chi connectivity index (χ1) is 10.7. The Balaban J connectivity index is 1.47. The first-order valence-electron chi connectivity index (χ1n) is 8.52. The summed E-state index contributed by atoms with van der Waals surface area (Å²) in [5, 5.41) is 3.10. The van der Waals surface area contributed by atoms with Crippen LogP contribution in [-0.4, -0.2) is 44.0 Å². The fraction of sp³-hybridized carbons (Fsp3) is 0.611. The first-order valence-corrected chi connectivity index (χ1v) is 8.52. The number of hydrogen-bond acceptors (Lipinski definition) is 3. The molecule has 1 N–H and O–H groups in total. The lowest BCUT2D eigenvalue weighted by Crippen LogP contribution is -2.38. The zero-order chi connectivity index (χ0) is 15.4. The quantitative estimate of drug-likeness (QED) is 0.926. The third-order valence-corrected chi connectivity index (χ3v) is 4.96. The van der Waals surface area contributed by atoms with Gasteiger partial charge in [-0.3, -0.25) is 4.79 Å². The summed E-state index contributed by atoms with van der Waals surface area (Å²) >= 11 is 0. The van der Waals surface area contributed by atoms with Crippen LogP contribution in [0.3, 0.4) is 0 Å². The molecule has 3 rings (SSSR count). The highest BCUT2D eigenvalue weighted by atomic mass is 16.1. The smallest absolute Gasteiger partial charge is 0.223 e. The van der Waals surface area contributed by atoms with Gasteiger partial charge in [-0.1, -0.05) is 12.1 Å². The molecule has 2 aliphatic rings. The van der Waals surface area contributed by atoms with Crippen molar-refractivity contribution in [2.75, 3.05) is 38.1 Å². The minimum absolute atomic E-state index is 0.195. The molecule has 4 heteroatoms. The van der Waals surface area contributed by atoms with E-state index >= 15 is 0 Å². The van der Waals surface area contributed by atoms with Gasteiger partial charge in [-0.05, 0) is 63.5 Å². The minimum Gasteiger partial charge on any atom is -0.372 e. The molecule has 0 aromatic heterocycles. The fourth-order valence-electron chi connectivity index (χ4n) is 3.40. The van der Waals surface area contributed by atoms with Crippen molar-refractivity contribution < 1.29 is 4.79 Å². The molecule has 0 radical (unpaired) electrons. The van der Waals surface area contributed by atoms with Crippen LogP contribution < -0.4 is 10.2 Å². The fourth-order valence-corrected chi connectivity index (χ4v) is 3.40. The van der Waals surface area contributed by atoms with Crippen molar-refractivity contribution >= 4 is 11.6 Å². The minimum atomic E-state index is 0.195. The molecule has 0 aliphatic carbocycles. The molecule has 2 saturated heterocycles. The van der Waals surface area contributed by atoms with Gasteiger partial charge in [0.15, 0.2) is 0 Å². The summed E-state index contributed by atoms with van der Waals surface area (Å²) in [6, 6.07) is 8.65. The predicted molar refractivity (Wildman–Crippen MR) is 90.0 cm³/mol. The Morgan fingerprint density at radius 2 is 1.73 bits per heavy atom. The Morgan fingerprint density at radius 3 is 2.36 bits per heavy atom. The molecule has 0 saturated carbocycles. The molecule has 2 aliphatic heterocycles. The van der Waals surface area contributed by atoms with Gasteiger partial charge >= 0.3 is 0 Å². The average molecular weight is 301 g/mol. The number of benzene rings is 1. The van der Waals surface area contributed by atoms with Crippen molar-refractivity contribution in [1.29, 1.82) is 0 Å². The van der Waals surface area contributed by atoms with Gasteiger partial charge < -0.3 is 15.1 Å². The summed E-state index contributed by atoms with van der Waals surface area (Å²) < 4.78 is 0. The zero-order valence-electron chi connectivity index (χ0n) is 13.6. The third kappa shape index (κ3) is 3.80. The molecule has 22 heavy (non-hydrogen) atoms. The first kappa shape index (κ1) is 15.3. The van der Waals surface area contributed by atoms with Crippen LogP contribution in [0.15, 0.2) is 24.3 Å². The lowest BCUT2D eigenvalue weighted by atomic mass is 9.96. The molecule has 1 amide bonds. The van der Waals surface area contributed by atoms with Crippen molar-refractivity contribution in [3.8, 4) is 0 Å². The highest BCUT2D eigenvalue weighted by molar-refractivity contribution is 5.78. The number of nitrogens with zero attached hydrogens (tertiary/aromatic N) is 2. The third-order valence-electron chi connectivity index (χ3n) is 4.96. The predicted octanol–water partition coefficient (Wildman–Crippen LogP) is 2.24. The maximum atomic E-state index is 12.2. The summed E-state index contributed by atoms with van der Waals surface area (Å²) in [7, 11) is 2.12. The van der Waals surface area contributed by atoms with E-state index in [1.165, 1.54) is 37.2 Å². The molecule has 0 atom stereocenters. The number of anilines is 1. The standard InChI is InChI=1S/C18H27N3O/c1-20-12-8-16(9-13-20)18(22)19-14-15-4-6-17(7-5-15)21-10-2-3-11-21/h4-7,16H,2-3,8-14H2,1H3,(H,19,22). The summed E-state index contributed by atoms with van der Waals surface area (Å²) in [6.45, 7) is 5.05. The van der Waals surface area contributed by atoms with Crippen LogP contribution in [0.25, 0.3) is 0 Å². The monoisotopic (exact) mass is 301 g/mol. The van der Waals surface area contributed by atoms with Gasteiger partial charge in [-0.2, -0.15) is 0 Å². The maximum absolute atomic E-state index is 12.2. The number of nitrogens with one attached hydrogen (secondary N) is 1. The highest BCUT2D eigenvalue weighted by Crippen LogP contribution is 2.20. The lowest BCUT2D eigenvalue weighted by Gasteiger charge is -2.28. The topological polar surface area (TPSA) is 35.6 Å². The molecule has 120 valence electrons. The van der Waals surface area contributed by atoms with Crippen LogP contribution in [0.5, 0.6) is 0 Å². The Kier molecular flexibility index (Phi) is 4.98. The van der Waals surface area contributed by atoms with Crippen molar-refractivity contribution in [3.05, 3.63) is 29.8 Å². The summed E-state index contributed by atoms with van der Waals surface area (Å²) in [5.74, 6) is 0.414. The normalized spacial score (nSPS) is 20.3. The SMILES string of the molecule is CN1CCC(C(=O)NCc2ccc(N3CCCC3)cc2)CC1. The molecular formula is C18H27N3O. The van der Waals surface area contributed by atoms with Crippen LogP contribution in [0.1, 0.15) is 31.2 Å². The largest absolute Gasteiger partial charge is 0.372 e. The zero-order valence-corrected chi connectivity index (χ0v) is 13.6. The van der Waals surface area contributed by atoms with E-state index in [0.717, 1.165) is 25.9 Å². The van der Waals surface area contributed by atoms with Gasteiger partial charge in [0.1, 0.15) is 0 Å². The van der Waals surface area contributed by atoms with E-state index in [9.17, 15) is 4.79 Å². The van der Waals surface area contributed by atoms with Gasteiger partial charge in [0.25, 0.3) is 0 Å². The molecule has 1 aromatic carbocycles. The van der Waals surface area contributed by atoms with Crippen LogP contribution in [-0.2, 0) is 11.3 Å². The summed E-state index contributed by atoms with van der Waals surface area (Å²) in [6.07, 6.45) is 4.56. The Labute approximate surface area is 133 Å². The molecule has 2 heterocycles. The van der Waals surface area contributed by atoms with Gasteiger partial charge in [0, 0.05) is 31.2 Å². The summed E-state index contributed by atoms with van der Waals surface area (Å²) in [4.78, 5) is 16.9. The molecule has 4 nitrogen and oxygen atoms in total. The van der Waals surface area contributed by atoms with E-state index in [4.69, 9.17) is 0 Å². The van der Waals surface area contributed by atoms with Crippen LogP contribution in [0, 0.1) is 5.92 Å². The van der Waals surface area contributed by atoms with Gasteiger partial charge in [0.05, 0.1) is 0 Å².